The predicted molar refractivity (Wildman–Crippen MR) is 165 cm³/mol. The molecule has 1 unspecified atom stereocenters. The fourth-order valence-corrected chi connectivity index (χ4v) is 6.91. The maximum absolute atomic E-state index is 13.8. The number of aromatic nitrogens is 4. The van der Waals surface area contributed by atoms with Gasteiger partial charge in [-0.1, -0.05) is 47.4 Å². The summed E-state index contributed by atoms with van der Waals surface area (Å²) in [7, 11) is 1.50. The van der Waals surface area contributed by atoms with Crippen molar-refractivity contribution in [2.24, 2.45) is 0 Å². The van der Waals surface area contributed by atoms with Gasteiger partial charge in [-0.15, -0.1) is 10.2 Å². The number of imidazole rings is 1. The summed E-state index contributed by atoms with van der Waals surface area (Å²) >= 11 is 2.51. The van der Waals surface area contributed by atoms with Crippen LogP contribution in [-0.2, 0) is 15.3 Å². The number of ketones is 1. The molecule has 10 nitrogen and oxygen atoms in total. The van der Waals surface area contributed by atoms with Gasteiger partial charge in [0.05, 0.1) is 31.0 Å². The molecule has 224 valence electrons. The van der Waals surface area contributed by atoms with Crippen LogP contribution in [0.15, 0.2) is 76.8 Å². The number of halogens is 1. The van der Waals surface area contributed by atoms with Gasteiger partial charge in [-0.05, 0) is 61.4 Å². The number of benzene rings is 2. The lowest BCUT2D eigenvalue weighted by molar-refractivity contribution is -0.132. The number of amides is 1. The fourth-order valence-electron chi connectivity index (χ4n) is 5.08. The number of ether oxygens (including phenoxy) is 2. The Labute approximate surface area is 259 Å². The van der Waals surface area contributed by atoms with Crippen molar-refractivity contribution in [2.75, 3.05) is 18.6 Å². The van der Waals surface area contributed by atoms with Crippen LogP contribution in [0.4, 0.5) is 9.52 Å². The molecule has 0 radical (unpaired) electrons. The summed E-state index contributed by atoms with van der Waals surface area (Å²) in [5.41, 5.74) is 2.62. The number of Topliss-reactive ketones (excluding diaryl/α,β-unsaturated/α-hetero) is 1. The molecule has 44 heavy (non-hydrogen) atoms. The summed E-state index contributed by atoms with van der Waals surface area (Å²) in [4.78, 5) is 33.2. The monoisotopic (exact) mass is 631 g/mol. The number of aliphatic hydroxyl groups is 1. The number of carbonyl (C=O) groups excluding carboxylic acids is 2. The Kier molecular flexibility index (Phi) is 8.06. The van der Waals surface area contributed by atoms with Crippen molar-refractivity contribution in [1.29, 1.82) is 0 Å². The van der Waals surface area contributed by atoms with Crippen LogP contribution < -0.4 is 14.4 Å². The zero-order valence-electron chi connectivity index (χ0n) is 23.9. The van der Waals surface area contributed by atoms with Crippen molar-refractivity contribution in [3.63, 3.8) is 0 Å². The van der Waals surface area contributed by atoms with Gasteiger partial charge in [-0.25, -0.2) is 9.37 Å². The standard InChI is InChI=1S/C31H26FN5O5S2/c1-4-42-21-13-10-19(15-22(21)41-3)26-24(27(38)25-17(2)33-23-7-5-6-14-36(23)25)28(39)29(40)37(26)30-34-35-31(44-30)43-16-18-8-11-20(32)12-9-18/h5-15,26,38H,4,16H2,1-3H3. The Morgan fingerprint density at radius 1 is 1.09 bits per heavy atom. The molecular weight excluding hydrogens is 606 g/mol. The highest BCUT2D eigenvalue weighted by Crippen LogP contribution is 2.46. The quantitative estimate of drug-likeness (QED) is 0.0691. The molecule has 5 aromatic rings. The lowest BCUT2D eigenvalue weighted by Gasteiger charge is -2.23. The number of fused-ring (bicyclic) bond motifs is 1. The van der Waals surface area contributed by atoms with E-state index in [1.807, 2.05) is 13.0 Å². The number of hydrogen-bond donors (Lipinski definition) is 1. The molecule has 4 heterocycles. The van der Waals surface area contributed by atoms with E-state index >= 15 is 0 Å². The van der Waals surface area contributed by atoms with Crippen molar-refractivity contribution in [2.45, 2.75) is 30.0 Å². The maximum atomic E-state index is 13.8. The predicted octanol–water partition coefficient (Wildman–Crippen LogP) is 5.96. The number of nitrogens with zero attached hydrogens (tertiary/aromatic N) is 5. The second kappa shape index (κ2) is 12.1. The molecule has 0 aliphatic carbocycles. The molecule has 6 rings (SSSR count). The van der Waals surface area contributed by atoms with E-state index in [1.165, 1.54) is 35.9 Å². The lowest BCUT2D eigenvalue weighted by atomic mass is 9.96. The number of thioether (sulfide) groups is 1. The minimum atomic E-state index is -1.06. The van der Waals surface area contributed by atoms with Gasteiger partial charge in [-0.2, -0.15) is 0 Å². The first kappa shape index (κ1) is 29.3. The number of rotatable bonds is 9. The fraction of sp³-hybridized carbons (Fsp3) is 0.194. The van der Waals surface area contributed by atoms with Gasteiger partial charge in [0.15, 0.2) is 21.6 Å². The van der Waals surface area contributed by atoms with Crippen LogP contribution in [0.1, 0.15) is 35.5 Å². The molecule has 13 heteroatoms. The van der Waals surface area contributed by atoms with Crippen molar-refractivity contribution < 1.29 is 28.6 Å². The normalized spacial score (nSPS) is 16.2. The van der Waals surface area contributed by atoms with Crippen LogP contribution in [0.2, 0.25) is 0 Å². The van der Waals surface area contributed by atoms with E-state index in [0.29, 0.717) is 50.8 Å². The molecule has 1 aliphatic rings. The van der Waals surface area contributed by atoms with E-state index in [9.17, 15) is 19.1 Å². The Morgan fingerprint density at radius 3 is 2.64 bits per heavy atom. The molecule has 1 fully saturated rings. The van der Waals surface area contributed by atoms with Crippen LogP contribution >= 0.6 is 23.1 Å². The molecule has 1 aliphatic heterocycles. The molecule has 1 N–H and O–H groups in total. The van der Waals surface area contributed by atoms with Crippen LogP contribution in [0.3, 0.4) is 0 Å². The zero-order chi connectivity index (χ0) is 31.0. The number of aliphatic hydroxyl groups excluding tert-OH is 1. The average Bonchev–Trinajstić information content (AvgIpc) is 3.70. The van der Waals surface area contributed by atoms with Crippen LogP contribution in [0.25, 0.3) is 11.4 Å². The third-order valence-corrected chi connectivity index (χ3v) is 9.18. The molecule has 2 aromatic carbocycles. The van der Waals surface area contributed by atoms with Crippen LogP contribution in [0, 0.1) is 12.7 Å². The first-order chi connectivity index (χ1) is 21.3. The van der Waals surface area contributed by atoms with E-state index in [4.69, 9.17) is 9.47 Å². The van der Waals surface area contributed by atoms with Crippen molar-refractivity contribution in [1.82, 2.24) is 19.6 Å². The summed E-state index contributed by atoms with van der Waals surface area (Å²) in [6.07, 6.45) is 1.73. The van der Waals surface area contributed by atoms with E-state index in [0.717, 1.165) is 16.9 Å². The molecular formula is C31H26FN5O5S2. The first-order valence-electron chi connectivity index (χ1n) is 13.6. The number of pyridine rings is 1. The van der Waals surface area contributed by atoms with Crippen LogP contribution in [-0.4, -0.2) is 50.1 Å². The number of aryl methyl sites for hydroxylation is 1. The number of methoxy groups -OCH3 is 1. The third-order valence-electron chi connectivity index (χ3n) is 7.05. The molecule has 0 bridgehead atoms. The van der Waals surface area contributed by atoms with Gasteiger partial charge in [-0.3, -0.25) is 18.9 Å². The summed E-state index contributed by atoms with van der Waals surface area (Å²) in [5.74, 6) is -1.03. The summed E-state index contributed by atoms with van der Waals surface area (Å²) in [6.45, 7) is 3.98. The largest absolute Gasteiger partial charge is 0.505 e. The van der Waals surface area contributed by atoms with Gasteiger partial charge in [0.25, 0.3) is 5.78 Å². The SMILES string of the molecule is CCOc1ccc(C2C(=C(O)c3c(C)nc4ccccn34)C(=O)C(=O)N2c2nnc(SCc3ccc(F)cc3)s2)cc1OC. The smallest absolute Gasteiger partial charge is 0.301 e. The number of carbonyl (C=O) groups is 2. The maximum Gasteiger partial charge on any atom is 0.301 e. The average molecular weight is 632 g/mol. The van der Waals surface area contributed by atoms with E-state index < -0.39 is 17.7 Å². The summed E-state index contributed by atoms with van der Waals surface area (Å²) in [6, 6.07) is 15.6. The van der Waals surface area contributed by atoms with E-state index in [1.54, 1.807) is 60.0 Å². The Hall–Kier alpha value is -4.75. The molecule has 3 aromatic heterocycles. The number of hydrogen-bond acceptors (Lipinski definition) is 10. The second-order valence-corrected chi connectivity index (χ2v) is 11.9. The topological polar surface area (TPSA) is 119 Å². The highest BCUT2D eigenvalue weighted by atomic mass is 32.2. The van der Waals surface area contributed by atoms with Gasteiger partial charge in [0, 0.05) is 11.9 Å². The van der Waals surface area contributed by atoms with Gasteiger partial charge < -0.3 is 14.6 Å². The number of anilines is 1. The molecule has 0 spiro atoms. The Morgan fingerprint density at radius 2 is 1.89 bits per heavy atom. The van der Waals surface area contributed by atoms with E-state index in [-0.39, 0.29) is 22.3 Å². The lowest BCUT2D eigenvalue weighted by Crippen LogP contribution is -2.29. The molecule has 1 amide bonds. The van der Waals surface area contributed by atoms with Crippen molar-refractivity contribution in [3.8, 4) is 11.5 Å². The molecule has 1 saturated heterocycles. The minimum absolute atomic E-state index is 0.120. The van der Waals surface area contributed by atoms with Crippen LogP contribution in [0.5, 0.6) is 11.5 Å². The Balaban J connectivity index is 1.46. The molecule has 0 saturated carbocycles. The third kappa shape index (κ3) is 5.28. The highest BCUT2D eigenvalue weighted by molar-refractivity contribution is 8.00. The first-order valence-corrected chi connectivity index (χ1v) is 15.4. The Bertz CT molecular complexity index is 1920. The molecule has 1 atom stereocenters. The van der Waals surface area contributed by atoms with Gasteiger partial charge >= 0.3 is 5.91 Å². The van der Waals surface area contributed by atoms with E-state index in [2.05, 4.69) is 15.2 Å². The van der Waals surface area contributed by atoms with Gasteiger partial charge in [0.1, 0.15) is 17.2 Å². The van der Waals surface area contributed by atoms with Gasteiger partial charge in [0.2, 0.25) is 5.13 Å². The summed E-state index contributed by atoms with van der Waals surface area (Å²) in [5, 5.41) is 20.5. The summed E-state index contributed by atoms with van der Waals surface area (Å²) < 4.78 is 26.8. The van der Waals surface area contributed by atoms with Crippen molar-refractivity contribution >= 4 is 51.3 Å². The minimum Gasteiger partial charge on any atom is -0.505 e. The zero-order valence-corrected chi connectivity index (χ0v) is 25.5. The van der Waals surface area contributed by atoms with Crippen molar-refractivity contribution in [3.05, 3.63) is 101 Å². The second-order valence-electron chi connectivity index (χ2n) is 9.75. The highest BCUT2D eigenvalue weighted by Gasteiger charge is 2.49.